The second-order valence-corrected chi connectivity index (χ2v) is 3.87. The van der Waals surface area contributed by atoms with Crippen LogP contribution in [0, 0.1) is 0 Å². The Bertz CT molecular complexity index is 228. The first-order valence-electron chi connectivity index (χ1n) is 5.58. The first-order valence-corrected chi connectivity index (χ1v) is 5.58. The van der Waals surface area contributed by atoms with Crippen LogP contribution in [0.4, 0.5) is 0 Å². The van der Waals surface area contributed by atoms with E-state index in [1.165, 1.54) is 13.5 Å². The van der Waals surface area contributed by atoms with E-state index >= 15 is 0 Å². The molecule has 1 fully saturated rings. The highest BCUT2D eigenvalue weighted by atomic mass is 16.5. The van der Waals surface area contributed by atoms with Gasteiger partial charge in [0.25, 0.3) is 0 Å². The Labute approximate surface area is 90.6 Å². The van der Waals surface area contributed by atoms with E-state index in [1.807, 2.05) is 0 Å². The molecule has 1 heterocycles. The van der Waals surface area contributed by atoms with Crippen LogP contribution in [0.1, 0.15) is 38.5 Å². The molecule has 0 unspecified atom stereocenters. The lowest BCUT2D eigenvalue weighted by Crippen LogP contribution is -2.34. The average molecular weight is 213 g/mol. The van der Waals surface area contributed by atoms with Gasteiger partial charge in [-0.2, -0.15) is 0 Å². The third-order valence-corrected chi connectivity index (χ3v) is 2.73. The van der Waals surface area contributed by atoms with Crippen LogP contribution < -0.4 is 0 Å². The van der Waals surface area contributed by atoms with Crippen molar-refractivity contribution < 1.29 is 14.3 Å². The standard InChI is InChI=1S/C11H19NO3/c1-15-11(14)7-9-12-8-5-3-2-4-6-10(12)13/h2-9H2,1H3. The van der Waals surface area contributed by atoms with Gasteiger partial charge < -0.3 is 9.64 Å². The summed E-state index contributed by atoms with van der Waals surface area (Å²) in [5.41, 5.74) is 0. The topological polar surface area (TPSA) is 46.6 Å². The number of hydrogen-bond acceptors (Lipinski definition) is 3. The van der Waals surface area contributed by atoms with Crippen LogP contribution in [-0.4, -0.2) is 37.0 Å². The van der Waals surface area contributed by atoms with Gasteiger partial charge in [-0.3, -0.25) is 9.59 Å². The molecule has 0 aromatic rings. The minimum Gasteiger partial charge on any atom is -0.469 e. The van der Waals surface area contributed by atoms with Crippen LogP contribution in [0.2, 0.25) is 0 Å². The quantitative estimate of drug-likeness (QED) is 0.665. The van der Waals surface area contributed by atoms with Crippen LogP contribution >= 0.6 is 0 Å². The van der Waals surface area contributed by atoms with Crippen molar-refractivity contribution in [1.29, 1.82) is 0 Å². The van der Waals surface area contributed by atoms with Crippen LogP contribution in [0.5, 0.6) is 0 Å². The number of likely N-dealkylation sites (tertiary alicyclic amines) is 1. The maximum absolute atomic E-state index is 11.6. The number of ether oxygens (including phenoxy) is 1. The Morgan fingerprint density at radius 2 is 2.07 bits per heavy atom. The normalized spacial score (nSPS) is 18.2. The van der Waals surface area contributed by atoms with Gasteiger partial charge >= 0.3 is 5.97 Å². The molecule has 0 spiro atoms. The molecule has 0 aliphatic carbocycles. The van der Waals surface area contributed by atoms with Crippen LogP contribution in [0.25, 0.3) is 0 Å². The maximum atomic E-state index is 11.6. The van der Waals surface area contributed by atoms with Crippen molar-refractivity contribution in [3.63, 3.8) is 0 Å². The number of nitrogens with zero attached hydrogens (tertiary/aromatic N) is 1. The highest BCUT2D eigenvalue weighted by Crippen LogP contribution is 2.11. The fourth-order valence-electron chi connectivity index (χ4n) is 1.78. The lowest BCUT2D eigenvalue weighted by atomic mass is 10.1. The summed E-state index contributed by atoms with van der Waals surface area (Å²) in [6.07, 6.45) is 5.29. The summed E-state index contributed by atoms with van der Waals surface area (Å²) in [4.78, 5) is 24.4. The van der Waals surface area contributed by atoms with Crippen molar-refractivity contribution in [2.24, 2.45) is 0 Å². The van der Waals surface area contributed by atoms with Crippen molar-refractivity contribution in [3.8, 4) is 0 Å². The van der Waals surface area contributed by atoms with Crippen molar-refractivity contribution >= 4 is 11.9 Å². The molecule has 0 bridgehead atoms. The smallest absolute Gasteiger partial charge is 0.307 e. The molecule has 15 heavy (non-hydrogen) atoms. The number of carbonyl (C=O) groups is 2. The fraction of sp³-hybridized carbons (Fsp3) is 0.818. The minimum absolute atomic E-state index is 0.179. The molecular weight excluding hydrogens is 194 g/mol. The highest BCUT2D eigenvalue weighted by molar-refractivity contribution is 5.77. The third kappa shape index (κ3) is 4.32. The Morgan fingerprint density at radius 3 is 2.80 bits per heavy atom. The molecule has 1 rings (SSSR count). The summed E-state index contributed by atoms with van der Waals surface area (Å²) in [6, 6.07) is 0. The zero-order valence-corrected chi connectivity index (χ0v) is 9.33. The molecule has 1 aliphatic rings. The molecular formula is C11H19NO3. The van der Waals surface area contributed by atoms with Crippen molar-refractivity contribution in [2.75, 3.05) is 20.2 Å². The molecule has 1 amide bonds. The van der Waals surface area contributed by atoms with Gasteiger partial charge in [-0.15, -0.1) is 0 Å². The van der Waals surface area contributed by atoms with E-state index < -0.39 is 0 Å². The molecule has 0 atom stereocenters. The van der Waals surface area contributed by atoms with Crippen LogP contribution in [0.15, 0.2) is 0 Å². The second-order valence-electron chi connectivity index (χ2n) is 3.87. The minimum atomic E-state index is -0.246. The van der Waals surface area contributed by atoms with Crippen molar-refractivity contribution in [3.05, 3.63) is 0 Å². The second kappa shape index (κ2) is 6.43. The molecule has 86 valence electrons. The van der Waals surface area contributed by atoms with E-state index in [2.05, 4.69) is 4.74 Å². The average Bonchev–Trinajstić information content (AvgIpc) is 2.22. The van der Waals surface area contributed by atoms with Gasteiger partial charge in [0.15, 0.2) is 0 Å². The molecule has 0 aromatic heterocycles. The summed E-state index contributed by atoms with van der Waals surface area (Å²) in [5.74, 6) is -0.0662. The number of hydrogen-bond donors (Lipinski definition) is 0. The van der Waals surface area contributed by atoms with Gasteiger partial charge in [0.1, 0.15) is 0 Å². The molecule has 4 nitrogen and oxygen atoms in total. The van der Waals surface area contributed by atoms with E-state index in [0.29, 0.717) is 19.4 Å². The van der Waals surface area contributed by atoms with Gasteiger partial charge in [0.05, 0.1) is 13.5 Å². The summed E-state index contributed by atoms with van der Waals surface area (Å²) in [6.45, 7) is 1.29. The lowest BCUT2D eigenvalue weighted by molar-refractivity contribution is -0.141. The molecule has 0 radical (unpaired) electrons. The van der Waals surface area contributed by atoms with E-state index in [0.717, 1.165) is 25.8 Å². The number of methoxy groups -OCH3 is 1. The summed E-state index contributed by atoms with van der Waals surface area (Å²) < 4.78 is 4.56. The Morgan fingerprint density at radius 1 is 1.33 bits per heavy atom. The van der Waals surface area contributed by atoms with Crippen LogP contribution in [0.3, 0.4) is 0 Å². The van der Waals surface area contributed by atoms with Crippen LogP contribution in [-0.2, 0) is 14.3 Å². The van der Waals surface area contributed by atoms with Gasteiger partial charge in [0, 0.05) is 19.5 Å². The molecule has 0 saturated carbocycles. The maximum Gasteiger partial charge on any atom is 0.307 e. The van der Waals surface area contributed by atoms with Gasteiger partial charge in [-0.05, 0) is 12.8 Å². The molecule has 1 aliphatic heterocycles. The predicted octanol–water partition coefficient (Wildman–Crippen LogP) is 1.34. The first kappa shape index (κ1) is 12.0. The molecule has 0 N–H and O–H groups in total. The van der Waals surface area contributed by atoms with E-state index in [4.69, 9.17) is 0 Å². The molecule has 4 heteroatoms. The predicted molar refractivity (Wildman–Crippen MR) is 56.3 cm³/mol. The monoisotopic (exact) mass is 213 g/mol. The highest BCUT2D eigenvalue weighted by Gasteiger charge is 2.16. The number of carbonyl (C=O) groups excluding carboxylic acids is 2. The Balaban J connectivity index is 2.35. The SMILES string of the molecule is COC(=O)CCN1CCCCCCC1=O. The van der Waals surface area contributed by atoms with Gasteiger partial charge in [-0.1, -0.05) is 12.8 Å². The zero-order chi connectivity index (χ0) is 11.1. The summed E-state index contributed by atoms with van der Waals surface area (Å²) in [5, 5.41) is 0. The number of amides is 1. The Kier molecular flexibility index (Phi) is 5.15. The summed E-state index contributed by atoms with van der Waals surface area (Å²) >= 11 is 0. The summed E-state index contributed by atoms with van der Waals surface area (Å²) in [7, 11) is 1.37. The van der Waals surface area contributed by atoms with Gasteiger partial charge in [0.2, 0.25) is 5.91 Å². The fourth-order valence-corrected chi connectivity index (χ4v) is 1.78. The van der Waals surface area contributed by atoms with E-state index in [-0.39, 0.29) is 11.9 Å². The van der Waals surface area contributed by atoms with Crippen molar-refractivity contribution in [1.82, 2.24) is 4.90 Å². The van der Waals surface area contributed by atoms with Crippen molar-refractivity contribution in [2.45, 2.75) is 38.5 Å². The first-order chi connectivity index (χ1) is 7.24. The third-order valence-electron chi connectivity index (χ3n) is 2.73. The largest absolute Gasteiger partial charge is 0.469 e. The molecule has 0 aromatic carbocycles. The number of rotatable bonds is 3. The van der Waals surface area contributed by atoms with Gasteiger partial charge in [-0.25, -0.2) is 0 Å². The Hall–Kier alpha value is -1.06. The number of esters is 1. The lowest BCUT2D eigenvalue weighted by Gasteiger charge is -2.24. The van der Waals surface area contributed by atoms with E-state index in [1.54, 1.807) is 4.90 Å². The zero-order valence-electron chi connectivity index (χ0n) is 9.33. The molecule has 1 saturated heterocycles. The van der Waals surface area contributed by atoms with E-state index in [9.17, 15) is 9.59 Å².